The standard InChI is InChI=1S/C24H21NO3S/c1-3-16-8-12-18(13-9-16)25-21(19-5-4-14-29-19)20(23(27)24(25)28)22(26)17-10-6-15(2)7-11-17/h4-14,21,26H,3H2,1-2H3/b22-20-. The summed E-state index contributed by atoms with van der Waals surface area (Å²) < 4.78 is 0. The molecule has 146 valence electrons. The Labute approximate surface area is 173 Å². The molecule has 1 aliphatic heterocycles. The van der Waals surface area contributed by atoms with Gasteiger partial charge in [0.05, 0.1) is 5.57 Å². The molecule has 0 spiro atoms. The monoisotopic (exact) mass is 403 g/mol. The summed E-state index contributed by atoms with van der Waals surface area (Å²) in [5, 5.41) is 12.9. The molecule has 5 heteroatoms. The fourth-order valence-corrected chi connectivity index (χ4v) is 4.40. The summed E-state index contributed by atoms with van der Waals surface area (Å²) in [6.07, 6.45) is 0.890. The van der Waals surface area contributed by atoms with Gasteiger partial charge in [0, 0.05) is 16.1 Å². The van der Waals surface area contributed by atoms with Gasteiger partial charge in [-0.3, -0.25) is 14.5 Å². The number of aliphatic hydroxyl groups excluding tert-OH is 1. The lowest BCUT2D eigenvalue weighted by Gasteiger charge is -2.24. The van der Waals surface area contributed by atoms with Crippen molar-refractivity contribution in [2.24, 2.45) is 0 Å². The number of thiophene rings is 1. The van der Waals surface area contributed by atoms with Crippen LogP contribution in [0.2, 0.25) is 0 Å². The van der Waals surface area contributed by atoms with Crippen LogP contribution in [0, 0.1) is 6.92 Å². The van der Waals surface area contributed by atoms with Crippen LogP contribution in [0.4, 0.5) is 5.69 Å². The Morgan fingerprint density at radius 2 is 1.72 bits per heavy atom. The number of anilines is 1. The first-order valence-electron chi connectivity index (χ1n) is 9.51. The fourth-order valence-electron chi connectivity index (χ4n) is 3.57. The summed E-state index contributed by atoms with van der Waals surface area (Å²) in [7, 11) is 0. The van der Waals surface area contributed by atoms with E-state index in [-0.39, 0.29) is 11.3 Å². The number of rotatable bonds is 4. The van der Waals surface area contributed by atoms with Crippen molar-refractivity contribution in [1.82, 2.24) is 0 Å². The van der Waals surface area contributed by atoms with Gasteiger partial charge < -0.3 is 5.11 Å². The second-order valence-corrected chi connectivity index (χ2v) is 8.05. The molecule has 4 nitrogen and oxygen atoms in total. The Bertz CT molecular complexity index is 1080. The molecule has 1 fully saturated rings. The van der Waals surface area contributed by atoms with Crippen LogP contribution in [0.25, 0.3) is 5.76 Å². The van der Waals surface area contributed by atoms with Crippen molar-refractivity contribution < 1.29 is 14.7 Å². The third-order valence-corrected chi connectivity index (χ3v) is 6.13. The molecule has 1 atom stereocenters. The summed E-state index contributed by atoms with van der Waals surface area (Å²) in [4.78, 5) is 28.3. The van der Waals surface area contributed by atoms with E-state index in [1.807, 2.05) is 60.8 Å². The highest BCUT2D eigenvalue weighted by Gasteiger charge is 2.47. The Kier molecular flexibility index (Phi) is 5.07. The minimum Gasteiger partial charge on any atom is -0.507 e. The highest BCUT2D eigenvalue weighted by atomic mass is 32.1. The molecule has 1 N–H and O–H groups in total. The summed E-state index contributed by atoms with van der Waals surface area (Å²) in [6, 6.07) is 18.0. The van der Waals surface area contributed by atoms with Gasteiger partial charge in [0.25, 0.3) is 11.7 Å². The molecule has 1 saturated heterocycles. The van der Waals surface area contributed by atoms with Gasteiger partial charge in [-0.05, 0) is 42.5 Å². The SMILES string of the molecule is CCc1ccc(N2C(=O)C(=O)/C(=C(\O)c3ccc(C)cc3)C2c2cccs2)cc1. The van der Waals surface area contributed by atoms with Crippen molar-refractivity contribution in [2.45, 2.75) is 26.3 Å². The zero-order chi connectivity index (χ0) is 20.5. The Hall–Kier alpha value is -3.18. The second kappa shape index (κ2) is 7.68. The normalized spacial score (nSPS) is 18.4. The number of Topliss-reactive ketones (excluding diaryl/α,β-unsaturated/α-hetero) is 1. The van der Waals surface area contributed by atoms with E-state index >= 15 is 0 Å². The van der Waals surface area contributed by atoms with Crippen molar-refractivity contribution in [1.29, 1.82) is 0 Å². The van der Waals surface area contributed by atoms with Gasteiger partial charge in [-0.15, -0.1) is 11.3 Å². The maximum Gasteiger partial charge on any atom is 0.300 e. The van der Waals surface area contributed by atoms with Gasteiger partial charge in [-0.2, -0.15) is 0 Å². The maximum atomic E-state index is 13.0. The predicted molar refractivity (Wildman–Crippen MR) is 116 cm³/mol. The van der Waals surface area contributed by atoms with Crippen LogP contribution in [-0.2, 0) is 16.0 Å². The number of hydrogen-bond acceptors (Lipinski definition) is 4. The van der Waals surface area contributed by atoms with Gasteiger partial charge in [0.15, 0.2) is 0 Å². The van der Waals surface area contributed by atoms with E-state index in [2.05, 4.69) is 6.92 Å². The molecule has 0 bridgehead atoms. The van der Waals surface area contributed by atoms with Crippen LogP contribution in [0.5, 0.6) is 0 Å². The van der Waals surface area contributed by atoms with Gasteiger partial charge >= 0.3 is 0 Å². The number of ketones is 1. The van der Waals surface area contributed by atoms with Crippen LogP contribution in [0.15, 0.2) is 71.6 Å². The summed E-state index contributed by atoms with van der Waals surface area (Å²) in [6.45, 7) is 4.02. The molecule has 1 aliphatic rings. The van der Waals surface area contributed by atoms with Crippen LogP contribution in [0.3, 0.4) is 0 Å². The quantitative estimate of drug-likeness (QED) is 0.368. The maximum absolute atomic E-state index is 13.0. The summed E-state index contributed by atoms with van der Waals surface area (Å²) in [5.74, 6) is -1.43. The first-order valence-corrected chi connectivity index (χ1v) is 10.4. The number of hydrogen-bond donors (Lipinski definition) is 1. The lowest BCUT2D eigenvalue weighted by Crippen LogP contribution is -2.29. The summed E-state index contributed by atoms with van der Waals surface area (Å²) in [5.41, 5.74) is 3.49. The third-order valence-electron chi connectivity index (χ3n) is 5.20. The van der Waals surface area contributed by atoms with E-state index in [4.69, 9.17) is 0 Å². The zero-order valence-electron chi connectivity index (χ0n) is 16.3. The molecule has 3 aromatic rings. The van der Waals surface area contributed by atoms with Crippen molar-refractivity contribution >= 4 is 34.5 Å². The topological polar surface area (TPSA) is 57.6 Å². The molecule has 29 heavy (non-hydrogen) atoms. The smallest absolute Gasteiger partial charge is 0.300 e. The molecule has 0 saturated carbocycles. The predicted octanol–water partition coefficient (Wildman–Crippen LogP) is 5.25. The van der Waals surface area contributed by atoms with Crippen LogP contribution in [0.1, 0.15) is 34.5 Å². The van der Waals surface area contributed by atoms with Crippen molar-refractivity contribution in [3.63, 3.8) is 0 Å². The van der Waals surface area contributed by atoms with Gasteiger partial charge in [-0.25, -0.2) is 0 Å². The van der Waals surface area contributed by atoms with Crippen LogP contribution >= 0.6 is 11.3 Å². The molecular formula is C24H21NO3S. The molecule has 1 unspecified atom stereocenters. The number of carbonyl (C=O) groups is 2. The Morgan fingerprint density at radius 1 is 1.03 bits per heavy atom. The second-order valence-electron chi connectivity index (χ2n) is 7.07. The molecule has 4 rings (SSSR count). The molecule has 1 amide bonds. The molecule has 0 radical (unpaired) electrons. The number of amides is 1. The summed E-state index contributed by atoms with van der Waals surface area (Å²) >= 11 is 1.46. The van der Waals surface area contributed by atoms with Crippen LogP contribution < -0.4 is 4.90 Å². The lowest BCUT2D eigenvalue weighted by atomic mass is 9.99. The van der Waals surface area contributed by atoms with Gasteiger partial charge in [0.1, 0.15) is 11.8 Å². The minimum atomic E-state index is -0.666. The molecular weight excluding hydrogens is 382 g/mol. The number of carbonyl (C=O) groups excluding carboxylic acids is 2. The van der Waals surface area contributed by atoms with E-state index in [9.17, 15) is 14.7 Å². The molecule has 0 aliphatic carbocycles. The van der Waals surface area contributed by atoms with Crippen molar-refractivity contribution in [3.8, 4) is 0 Å². The lowest BCUT2D eigenvalue weighted by molar-refractivity contribution is -0.132. The third kappa shape index (κ3) is 3.38. The van der Waals surface area contributed by atoms with Crippen molar-refractivity contribution in [3.05, 3.63) is 93.2 Å². The van der Waals surface area contributed by atoms with E-state index in [0.717, 1.165) is 22.4 Å². The Morgan fingerprint density at radius 3 is 2.31 bits per heavy atom. The first-order chi connectivity index (χ1) is 14.0. The number of aryl methyl sites for hydroxylation is 2. The van der Waals surface area contributed by atoms with E-state index in [1.165, 1.54) is 16.2 Å². The molecule has 2 aromatic carbocycles. The largest absolute Gasteiger partial charge is 0.507 e. The zero-order valence-corrected chi connectivity index (χ0v) is 17.1. The van der Waals surface area contributed by atoms with E-state index < -0.39 is 17.7 Å². The van der Waals surface area contributed by atoms with E-state index in [0.29, 0.717) is 11.3 Å². The highest BCUT2D eigenvalue weighted by molar-refractivity contribution is 7.10. The first kappa shape index (κ1) is 19.2. The number of aliphatic hydroxyl groups is 1. The van der Waals surface area contributed by atoms with Crippen molar-refractivity contribution in [2.75, 3.05) is 4.90 Å². The minimum absolute atomic E-state index is 0.126. The number of benzene rings is 2. The average Bonchev–Trinajstić information content (AvgIpc) is 3.35. The Balaban J connectivity index is 1.88. The fraction of sp³-hybridized carbons (Fsp3) is 0.167. The average molecular weight is 404 g/mol. The van der Waals surface area contributed by atoms with Crippen LogP contribution in [-0.4, -0.2) is 16.8 Å². The van der Waals surface area contributed by atoms with Gasteiger partial charge in [-0.1, -0.05) is 55.0 Å². The molecule has 1 aromatic heterocycles. The van der Waals surface area contributed by atoms with Gasteiger partial charge in [0.2, 0.25) is 0 Å². The molecule has 2 heterocycles. The van der Waals surface area contributed by atoms with E-state index in [1.54, 1.807) is 12.1 Å². The highest BCUT2D eigenvalue weighted by Crippen LogP contribution is 2.43. The number of nitrogens with zero attached hydrogens (tertiary/aromatic N) is 1.